The molecule has 0 unspecified atom stereocenters. The second-order valence-corrected chi connectivity index (χ2v) is 9.04. The number of carbonyl (C=O) groups excluding carboxylic acids is 1. The Kier molecular flexibility index (Phi) is 6.99. The number of aryl methyl sites for hydroxylation is 2. The number of methoxy groups -OCH3 is 2. The molecule has 1 aromatic carbocycles. The average molecular weight is 448 g/mol. The van der Waals surface area contributed by atoms with Crippen LogP contribution in [0.3, 0.4) is 0 Å². The standard InChI is InChI=1S/C20H25N5O3S2/c1-7-25-17(14-8-9-15(27-5)16(10-14)28-6)23-24-20(25)30-13(4)18(26)22-19-21-11(2)12(3)29-19/h8-10,13H,7H2,1-6H3,(H,21,22,26)/t13-/m1/s1. The molecule has 0 aliphatic carbocycles. The fourth-order valence-electron chi connectivity index (χ4n) is 2.79. The number of benzene rings is 1. The lowest BCUT2D eigenvalue weighted by atomic mass is 10.2. The van der Waals surface area contributed by atoms with Gasteiger partial charge in [0.25, 0.3) is 0 Å². The van der Waals surface area contributed by atoms with Gasteiger partial charge in [0.1, 0.15) is 0 Å². The normalized spacial score (nSPS) is 11.9. The van der Waals surface area contributed by atoms with Crippen molar-refractivity contribution in [2.24, 2.45) is 0 Å². The van der Waals surface area contributed by atoms with E-state index in [4.69, 9.17) is 9.47 Å². The summed E-state index contributed by atoms with van der Waals surface area (Å²) in [6.45, 7) is 8.44. The second kappa shape index (κ2) is 9.48. The van der Waals surface area contributed by atoms with Crippen LogP contribution in [0.2, 0.25) is 0 Å². The molecule has 1 amide bonds. The Morgan fingerprint density at radius 1 is 1.23 bits per heavy atom. The number of amides is 1. The number of hydrogen-bond acceptors (Lipinski definition) is 8. The molecule has 3 aromatic rings. The maximum atomic E-state index is 12.6. The third kappa shape index (κ3) is 4.59. The van der Waals surface area contributed by atoms with E-state index in [1.54, 1.807) is 14.2 Å². The highest BCUT2D eigenvalue weighted by molar-refractivity contribution is 8.00. The molecule has 0 aliphatic rings. The third-order valence-electron chi connectivity index (χ3n) is 4.58. The summed E-state index contributed by atoms with van der Waals surface area (Å²) in [5, 5.41) is 12.5. The van der Waals surface area contributed by atoms with Crippen molar-refractivity contribution in [3.05, 3.63) is 28.8 Å². The third-order valence-corrected chi connectivity index (χ3v) is 6.65. The molecule has 2 aromatic heterocycles. The van der Waals surface area contributed by atoms with E-state index in [0.29, 0.717) is 34.2 Å². The highest BCUT2D eigenvalue weighted by atomic mass is 32.2. The van der Waals surface area contributed by atoms with Crippen molar-refractivity contribution in [1.29, 1.82) is 0 Å². The first-order valence-electron chi connectivity index (χ1n) is 9.45. The molecular formula is C20H25N5O3S2. The number of ether oxygens (including phenoxy) is 2. The Balaban J connectivity index is 1.79. The van der Waals surface area contributed by atoms with Gasteiger partial charge < -0.3 is 19.4 Å². The van der Waals surface area contributed by atoms with E-state index in [-0.39, 0.29) is 11.2 Å². The predicted octanol–water partition coefficient (Wildman–Crippen LogP) is 4.17. The van der Waals surface area contributed by atoms with Crippen LogP contribution in [0.1, 0.15) is 24.4 Å². The molecule has 10 heteroatoms. The van der Waals surface area contributed by atoms with E-state index < -0.39 is 0 Å². The predicted molar refractivity (Wildman–Crippen MR) is 120 cm³/mol. The number of anilines is 1. The Hall–Kier alpha value is -2.59. The number of hydrogen-bond donors (Lipinski definition) is 1. The molecule has 160 valence electrons. The minimum Gasteiger partial charge on any atom is -0.493 e. The molecule has 1 N–H and O–H groups in total. The Morgan fingerprint density at radius 2 is 1.97 bits per heavy atom. The number of rotatable bonds is 8. The van der Waals surface area contributed by atoms with Gasteiger partial charge >= 0.3 is 0 Å². The molecule has 0 saturated heterocycles. The minimum atomic E-state index is -0.359. The molecular weight excluding hydrogens is 422 g/mol. The van der Waals surface area contributed by atoms with Crippen molar-refractivity contribution >= 4 is 34.1 Å². The van der Waals surface area contributed by atoms with Crippen LogP contribution in [-0.4, -0.2) is 45.1 Å². The van der Waals surface area contributed by atoms with Gasteiger partial charge in [-0.1, -0.05) is 11.8 Å². The summed E-state index contributed by atoms with van der Waals surface area (Å²) >= 11 is 2.84. The molecule has 2 heterocycles. The summed E-state index contributed by atoms with van der Waals surface area (Å²) in [5.74, 6) is 1.86. The van der Waals surface area contributed by atoms with Gasteiger partial charge in [0.15, 0.2) is 27.6 Å². The van der Waals surface area contributed by atoms with Gasteiger partial charge in [-0.25, -0.2) is 4.98 Å². The Labute approximate surface area is 184 Å². The zero-order valence-electron chi connectivity index (χ0n) is 17.8. The number of nitrogens with zero attached hydrogens (tertiary/aromatic N) is 4. The minimum absolute atomic E-state index is 0.118. The van der Waals surface area contributed by atoms with Gasteiger partial charge in [-0.2, -0.15) is 0 Å². The van der Waals surface area contributed by atoms with Crippen LogP contribution in [0.25, 0.3) is 11.4 Å². The van der Waals surface area contributed by atoms with E-state index in [0.717, 1.165) is 16.1 Å². The smallest absolute Gasteiger partial charge is 0.239 e. The average Bonchev–Trinajstić information content (AvgIpc) is 3.29. The summed E-state index contributed by atoms with van der Waals surface area (Å²) in [5.41, 5.74) is 1.79. The van der Waals surface area contributed by atoms with Gasteiger partial charge in [-0.15, -0.1) is 21.5 Å². The first kappa shape index (κ1) is 22.1. The highest BCUT2D eigenvalue weighted by Crippen LogP contribution is 2.33. The van der Waals surface area contributed by atoms with Crippen LogP contribution in [-0.2, 0) is 11.3 Å². The monoisotopic (exact) mass is 447 g/mol. The summed E-state index contributed by atoms with van der Waals surface area (Å²) < 4.78 is 12.7. The lowest BCUT2D eigenvalue weighted by Crippen LogP contribution is -2.22. The quantitative estimate of drug-likeness (QED) is 0.518. The second-order valence-electron chi connectivity index (χ2n) is 6.53. The zero-order valence-corrected chi connectivity index (χ0v) is 19.5. The molecule has 0 aliphatic heterocycles. The molecule has 8 nitrogen and oxygen atoms in total. The number of thioether (sulfide) groups is 1. The molecule has 30 heavy (non-hydrogen) atoms. The van der Waals surface area contributed by atoms with Crippen LogP contribution < -0.4 is 14.8 Å². The van der Waals surface area contributed by atoms with Gasteiger partial charge in [0.2, 0.25) is 5.91 Å². The van der Waals surface area contributed by atoms with Crippen LogP contribution in [0.4, 0.5) is 5.13 Å². The molecule has 1 atom stereocenters. The fourth-order valence-corrected chi connectivity index (χ4v) is 4.53. The number of carbonyl (C=O) groups is 1. The number of aromatic nitrogens is 4. The van der Waals surface area contributed by atoms with Crippen molar-refractivity contribution in [1.82, 2.24) is 19.7 Å². The largest absolute Gasteiger partial charge is 0.493 e. The van der Waals surface area contributed by atoms with Crippen LogP contribution >= 0.6 is 23.1 Å². The van der Waals surface area contributed by atoms with Gasteiger partial charge in [0, 0.05) is 17.0 Å². The molecule has 0 fully saturated rings. The number of thiazole rings is 1. The van der Waals surface area contributed by atoms with Crippen molar-refractivity contribution in [2.75, 3.05) is 19.5 Å². The lowest BCUT2D eigenvalue weighted by molar-refractivity contribution is -0.115. The zero-order chi connectivity index (χ0) is 21.8. The van der Waals surface area contributed by atoms with Gasteiger partial charge in [-0.05, 0) is 45.9 Å². The van der Waals surface area contributed by atoms with Crippen LogP contribution in [0.15, 0.2) is 23.4 Å². The summed E-state index contributed by atoms with van der Waals surface area (Å²) in [6, 6.07) is 5.62. The summed E-state index contributed by atoms with van der Waals surface area (Å²) in [6.07, 6.45) is 0. The van der Waals surface area contributed by atoms with Crippen molar-refractivity contribution in [3.8, 4) is 22.9 Å². The van der Waals surface area contributed by atoms with Gasteiger partial charge in [-0.3, -0.25) is 4.79 Å². The van der Waals surface area contributed by atoms with Gasteiger partial charge in [0.05, 0.1) is 25.2 Å². The molecule has 3 rings (SSSR count). The highest BCUT2D eigenvalue weighted by Gasteiger charge is 2.22. The molecule has 0 bridgehead atoms. The van der Waals surface area contributed by atoms with Crippen molar-refractivity contribution in [3.63, 3.8) is 0 Å². The Bertz CT molecular complexity index is 1030. The summed E-state index contributed by atoms with van der Waals surface area (Å²) in [4.78, 5) is 18.1. The van der Waals surface area contributed by atoms with Crippen molar-refractivity contribution in [2.45, 2.75) is 44.6 Å². The van der Waals surface area contributed by atoms with E-state index >= 15 is 0 Å². The van der Waals surface area contributed by atoms with E-state index in [9.17, 15) is 4.79 Å². The summed E-state index contributed by atoms with van der Waals surface area (Å²) in [7, 11) is 3.20. The first-order chi connectivity index (χ1) is 14.4. The molecule has 0 saturated carbocycles. The maximum Gasteiger partial charge on any atom is 0.239 e. The maximum absolute atomic E-state index is 12.6. The topological polar surface area (TPSA) is 91.2 Å². The van der Waals surface area contributed by atoms with E-state index in [1.165, 1.54) is 23.1 Å². The van der Waals surface area contributed by atoms with Crippen LogP contribution in [0, 0.1) is 13.8 Å². The SMILES string of the molecule is CCn1c(S[C@H](C)C(=O)Nc2nc(C)c(C)s2)nnc1-c1ccc(OC)c(OC)c1. The molecule has 0 radical (unpaired) electrons. The Morgan fingerprint density at radius 3 is 2.57 bits per heavy atom. The molecule has 0 spiro atoms. The van der Waals surface area contributed by atoms with E-state index in [2.05, 4.69) is 20.5 Å². The fraction of sp³-hybridized carbons (Fsp3) is 0.400. The van der Waals surface area contributed by atoms with Crippen molar-refractivity contribution < 1.29 is 14.3 Å². The lowest BCUT2D eigenvalue weighted by Gasteiger charge is -2.12. The van der Waals surface area contributed by atoms with Crippen LogP contribution in [0.5, 0.6) is 11.5 Å². The van der Waals surface area contributed by atoms with E-state index in [1.807, 2.05) is 50.5 Å². The number of nitrogens with one attached hydrogen (secondary N) is 1. The first-order valence-corrected chi connectivity index (χ1v) is 11.1.